The summed E-state index contributed by atoms with van der Waals surface area (Å²) in [5, 5.41) is 16.1. The summed E-state index contributed by atoms with van der Waals surface area (Å²) in [5.41, 5.74) is 4.02. The fourth-order valence-electron chi connectivity index (χ4n) is 4.38. The second-order valence-electron chi connectivity index (χ2n) is 8.80. The Balaban J connectivity index is 1.47. The number of hydrogen-bond donors (Lipinski definition) is 3. The average molecular weight is 484 g/mol. The molecule has 8 nitrogen and oxygen atoms in total. The molecule has 2 aromatic rings. The summed E-state index contributed by atoms with van der Waals surface area (Å²) >= 11 is 6.18. The van der Waals surface area contributed by atoms with Gasteiger partial charge in [0.1, 0.15) is 5.56 Å². The van der Waals surface area contributed by atoms with E-state index < -0.39 is 5.91 Å². The lowest BCUT2D eigenvalue weighted by molar-refractivity contribution is 0.0962. The summed E-state index contributed by atoms with van der Waals surface area (Å²) in [7, 11) is 3.62. The van der Waals surface area contributed by atoms with Crippen molar-refractivity contribution in [2.24, 2.45) is 0 Å². The van der Waals surface area contributed by atoms with Crippen LogP contribution in [0, 0.1) is 6.92 Å². The van der Waals surface area contributed by atoms with Crippen molar-refractivity contribution in [1.82, 2.24) is 20.2 Å². The molecule has 2 aliphatic rings. The first-order valence-corrected chi connectivity index (χ1v) is 11.8. The zero-order valence-electron chi connectivity index (χ0n) is 19.7. The lowest BCUT2D eigenvalue weighted by Crippen LogP contribution is -2.29. The van der Waals surface area contributed by atoms with Gasteiger partial charge in [0.2, 0.25) is 11.8 Å². The van der Waals surface area contributed by atoms with Gasteiger partial charge in [-0.3, -0.25) is 4.79 Å². The van der Waals surface area contributed by atoms with Gasteiger partial charge in [-0.1, -0.05) is 17.7 Å². The molecule has 3 N–H and O–H groups in total. The summed E-state index contributed by atoms with van der Waals surface area (Å²) in [6.07, 6.45) is 6.11. The lowest BCUT2D eigenvalue weighted by atomic mass is 9.87. The number of carbonyl (C=O) groups excluding carboxylic acids is 1. The summed E-state index contributed by atoms with van der Waals surface area (Å²) in [6, 6.07) is 6.31. The number of ether oxygens (including phenoxy) is 1. The number of piperidine rings is 1. The van der Waals surface area contributed by atoms with Crippen molar-refractivity contribution in [1.29, 1.82) is 0 Å². The number of amides is 1. The number of aliphatic hydroxyl groups is 1. The number of methoxy groups -OCH3 is 1. The van der Waals surface area contributed by atoms with Gasteiger partial charge in [0.05, 0.1) is 18.6 Å². The molecule has 1 aliphatic carbocycles. The standard InChI is InChI=1S/C25H30ClN5O3/c1-15-12-17(4-6-19(15)16-8-10-31(2)11-9-16)28-25-27-14-20(24(30-25)34-3)23(33)29-22-13-18(32)5-7-21(22)26/h4,6,12-14,16,32H,5,7-11H2,1-3H3,(H,29,33)(H,27,28,30). The first-order chi connectivity index (χ1) is 16.3. The highest BCUT2D eigenvalue weighted by Crippen LogP contribution is 2.32. The topological polar surface area (TPSA) is 99.6 Å². The van der Waals surface area contributed by atoms with Gasteiger partial charge in [0.15, 0.2) is 0 Å². The van der Waals surface area contributed by atoms with Crippen molar-refractivity contribution in [3.63, 3.8) is 0 Å². The number of carbonyl (C=O) groups is 1. The minimum absolute atomic E-state index is 0.135. The van der Waals surface area contributed by atoms with E-state index in [0.29, 0.717) is 35.4 Å². The molecule has 180 valence electrons. The predicted molar refractivity (Wildman–Crippen MR) is 133 cm³/mol. The highest BCUT2D eigenvalue weighted by atomic mass is 35.5. The first-order valence-electron chi connectivity index (χ1n) is 11.4. The highest BCUT2D eigenvalue weighted by molar-refractivity contribution is 6.30. The van der Waals surface area contributed by atoms with Crippen LogP contribution in [0.5, 0.6) is 5.88 Å². The number of nitrogens with one attached hydrogen (secondary N) is 2. The van der Waals surface area contributed by atoms with E-state index in [1.54, 1.807) is 0 Å². The number of rotatable bonds is 6. The quantitative estimate of drug-likeness (QED) is 0.544. The molecule has 1 amide bonds. The minimum Gasteiger partial charge on any atom is -0.512 e. The maximum atomic E-state index is 12.8. The van der Waals surface area contributed by atoms with E-state index in [9.17, 15) is 9.90 Å². The summed E-state index contributed by atoms with van der Waals surface area (Å²) in [4.78, 5) is 23.8. The molecule has 1 saturated heterocycles. The Morgan fingerprint density at radius 1 is 1.26 bits per heavy atom. The van der Waals surface area contributed by atoms with Crippen LogP contribution in [0.25, 0.3) is 0 Å². The summed E-state index contributed by atoms with van der Waals surface area (Å²) in [5.74, 6) is 0.743. The molecule has 2 heterocycles. The number of nitrogens with zero attached hydrogens (tertiary/aromatic N) is 3. The number of allylic oxidation sites excluding steroid dienone is 3. The summed E-state index contributed by atoms with van der Waals surface area (Å²) in [6.45, 7) is 4.38. The van der Waals surface area contributed by atoms with Gasteiger partial charge in [-0.05, 0) is 75.5 Å². The van der Waals surface area contributed by atoms with Crippen molar-refractivity contribution < 1.29 is 14.6 Å². The zero-order valence-corrected chi connectivity index (χ0v) is 20.4. The maximum absolute atomic E-state index is 12.8. The van der Waals surface area contributed by atoms with E-state index in [1.807, 2.05) is 6.07 Å². The molecule has 1 aromatic heterocycles. The van der Waals surface area contributed by atoms with E-state index in [4.69, 9.17) is 16.3 Å². The molecule has 0 radical (unpaired) electrons. The van der Waals surface area contributed by atoms with Crippen LogP contribution in [-0.4, -0.2) is 53.1 Å². The Morgan fingerprint density at radius 3 is 2.74 bits per heavy atom. The van der Waals surface area contributed by atoms with Crippen molar-refractivity contribution in [2.75, 3.05) is 32.6 Å². The second-order valence-corrected chi connectivity index (χ2v) is 9.26. The molecule has 0 bridgehead atoms. The number of aryl methyl sites for hydroxylation is 1. The van der Waals surface area contributed by atoms with E-state index in [0.717, 1.165) is 18.8 Å². The molecule has 1 aliphatic heterocycles. The molecule has 1 aromatic carbocycles. The van der Waals surface area contributed by atoms with Crippen LogP contribution in [0.15, 0.2) is 47.0 Å². The molecule has 0 unspecified atom stereocenters. The second kappa shape index (κ2) is 10.4. The number of anilines is 2. The smallest absolute Gasteiger partial charge is 0.262 e. The van der Waals surface area contributed by atoms with Crippen LogP contribution >= 0.6 is 11.6 Å². The largest absolute Gasteiger partial charge is 0.512 e. The van der Waals surface area contributed by atoms with Crippen LogP contribution in [0.4, 0.5) is 11.6 Å². The molecule has 1 fully saturated rings. The first kappa shape index (κ1) is 24.0. The molecular weight excluding hydrogens is 454 g/mol. The number of aromatic nitrogens is 2. The minimum atomic E-state index is -0.471. The van der Waals surface area contributed by atoms with E-state index in [2.05, 4.69) is 51.6 Å². The van der Waals surface area contributed by atoms with E-state index in [-0.39, 0.29) is 17.2 Å². The van der Waals surface area contributed by atoms with Gasteiger partial charge in [-0.15, -0.1) is 0 Å². The van der Waals surface area contributed by atoms with Crippen molar-refractivity contribution >= 4 is 29.1 Å². The molecule has 4 rings (SSSR count). The maximum Gasteiger partial charge on any atom is 0.262 e. The van der Waals surface area contributed by atoms with E-state index in [1.165, 1.54) is 43.4 Å². The SMILES string of the molecule is COc1nc(Nc2ccc(C3CCN(C)CC3)c(C)c2)ncc1C(=O)NC1=C(Cl)CCC(O)=C1. The molecule has 34 heavy (non-hydrogen) atoms. The molecule has 0 saturated carbocycles. The van der Waals surface area contributed by atoms with Crippen LogP contribution < -0.4 is 15.4 Å². The fraction of sp³-hybridized carbons (Fsp3) is 0.400. The third-order valence-corrected chi connectivity index (χ3v) is 6.72. The van der Waals surface area contributed by atoms with Crippen molar-refractivity contribution in [3.8, 4) is 5.88 Å². The normalized spacial score (nSPS) is 17.4. The zero-order chi connectivity index (χ0) is 24.2. The van der Waals surface area contributed by atoms with Gasteiger partial charge in [0, 0.05) is 29.4 Å². The Hall–Kier alpha value is -3.10. The molecule has 9 heteroatoms. The monoisotopic (exact) mass is 483 g/mol. The number of halogens is 1. The van der Waals surface area contributed by atoms with Crippen molar-refractivity contribution in [3.05, 3.63) is 63.7 Å². The Kier molecular flexibility index (Phi) is 7.38. The number of hydrogen-bond acceptors (Lipinski definition) is 7. The van der Waals surface area contributed by atoms with Gasteiger partial charge in [-0.2, -0.15) is 4.98 Å². The van der Waals surface area contributed by atoms with Gasteiger partial charge >= 0.3 is 0 Å². The van der Waals surface area contributed by atoms with Gasteiger partial charge < -0.3 is 25.4 Å². The van der Waals surface area contributed by atoms with E-state index >= 15 is 0 Å². The van der Waals surface area contributed by atoms with Gasteiger partial charge in [0.25, 0.3) is 5.91 Å². The van der Waals surface area contributed by atoms with Crippen LogP contribution in [-0.2, 0) is 0 Å². The third kappa shape index (κ3) is 5.51. The Morgan fingerprint density at radius 2 is 2.03 bits per heavy atom. The number of aliphatic hydroxyl groups excluding tert-OH is 1. The van der Waals surface area contributed by atoms with Crippen molar-refractivity contribution in [2.45, 2.75) is 38.5 Å². The number of likely N-dealkylation sites (tertiary alicyclic amines) is 1. The average Bonchev–Trinajstić information content (AvgIpc) is 2.82. The molecular formula is C25H30ClN5O3. The Labute approximate surface area is 204 Å². The Bertz CT molecular complexity index is 1140. The van der Waals surface area contributed by atoms with Crippen LogP contribution in [0.1, 0.15) is 53.1 Å². The highest BCUT2D eigenvalue weighted by Gasteiger charge is 2.21. The fourth-order valence-corrected chi connectivity index (χ4v) is 4.58. The van der Waals surface area contributed by atoms with Crippen LogP contribution in [0.3, 0.4) is 0 Å². The molecule has 0 spiro atoms. The van der Waals surface area contributed by atoms with Gasteiger partial charge in [-0.25, -0.2) is 4.98 Å². The third-order valence-electron chi connectivity index (χ3n) is 6.33. The molecule has 0 atom stereocenters. The lowest BCUT2D eigenvalue weighted by Gasteiger charge is -2.30. The number of benzene rings is 1. The predicted octanol–water partition coefficient (Wildman–Crippen LogP) is 4.76. The van der Waals surface area contributed by atoms with Crippen LogP contribution in [0.2, 0.25) is 0 Å². The summed E-state index contributed by atoms with van der Waals surface area (Å²) < 4.78 is 5.34.